The Kier molecular flexibility index (Phi) is 4.68. The molecule has 136 valence electrons. The SMILES string of the molecule is COc1ccc(Cc2cc3cnc([C@@H](C)c4ccccc4)n3cc2C)cc1. The molecule has 0 aliphatic heterocycles. The molecule has 0 fully saturated rings. The predicted octanol–water partition coefficient (Wildman–Crippen LogP) is 5.39. The molecule has 0 aliphatic rings. The Balaban J connectivity index is 1.66. The normalized spacial score (nSPS) is 12.3. The highest BCUT2D eigenvalue weighted by molar-refractivity contribution is 5.52. The van der Waals surface area contributed by atoms with E-state index in [4.69, 9.17) is 9.72 Å². The first-order valence-corrected chi connectivity index (χ1v) is 9.30. The maximum atomic E-state index is 5.25. The number of hydrogen-bond donors (Lipinski definition) is 0. The molecular weight excluding hydrogens is 332 g/mol. The summed E-state index contributed by atoms with van der Waals surface area (Å²) in [4.78, 5) is 4.73. The zero-order valence-electron chi connectivity index (χ0n) is 16.0. The van der Waals surface area contributed by atoms with Gasteiger partial charge in [0, 0.05) is 12.1 Å². The van der Waals surface area contributed by atoms with Crippen LogP contribution in [0.3, 0.4) is 0 Å². The van der Waals surface area contributed by atoms with Crippen molar-refractivity contribution in [3.63, 3.8) is 0 Å². The van der Waals surface area contributed by atoms with Crippen LogP contribution in [0.5, 0.6) is 5.75 Å². The average Bonchev–Trinajstić information content (AvgIpc) is 3.11. The second-order valence-corrected chi connectivity index (χ2v) is 7.05. The molecule has 3 heteroatoms. The number of fused-ring (bicyclic) bond motifs is 1. The maximum absolute atomic E-state index is 5.25. The zero-order valence-corrected chi connectivity index (χ0v) is 16.0. The fourth-order valence-electron chi connectivity index (χ4n) is 3.57. The van der Waals surface area contributed by atoms with Gasteiger partial charge in [-0.15, -0.1) is 0 Å². The first-order chi connectivity index (χ1) is 13.2. The molecule has 0 amide bonds. The van der Waals surface area contributed by atoms with Gasteiger partial charge in [-0.25, -0.2) is 4.98 Å². The fourth-order valence-corrected chi connectivity index (χ4v) is 3.57. The predicted molar refractivity (Wildman–Crippen MR) is 110 cm³/mol. The molecule has 0 unspecified atom stereocenters. The molecule has 3 nitrogen and oxygen atoms in total. The Hall–Kier alpha value is -3.07. The Bertz CT molecular complexity index is 1050. The van der Waals surface area contributed by atoms with Crippen LogP contribution in [0.4, 0.5) is 0 Å². The van der Waals surface area contributed by atoms with Gasteiger partial charge in [0.2, 0.25) is 0 Å². The molecule has 1 atom stereocenters. The van der Waals surface area contributed by atoms with Gasteiger partial charge in [-0.2, -0.15) is 0 Å². The number of aromatic nitrogens is 2. The number of aryl methyl sites for hydroxylation is 1. The highest BCUT2D eigenvalue weighted by atomic mass is 16.5. The molecule has 0 spiro atoms. The Morgan fingerprint density at radius 3 is 2.48 bits per heavy atom. The van der Waals surface area contributed by atoms with Gasteiger partial charge < -0.3 is 9.14 Å². The second-order valence-electron chi connectivity index (χ2n) is 7.05. The number of benzene rings is 2. The molecule has 4 rings (SSSR count). The molecule has 0 saturated carbocycles. The largest absolute Gasteiger partial charge is 0.497 e. The van der Waals surface area contributed by atoms with Gasteiger partial charge in [-0.05, 0) is 53.8 Å². The molecule has 0 aliphatic carbocycles. The molecule has 2 aromatic heterocycles. The van der Waals surface area contributed by atoms with Crippen LogP contribution in [-0.2, 0) is 6.42 Å². The van der Waals surface area contributed by atoms with Crippen molar-refractivity contribution in [2.75, 3.05) is 7.11 Å². The third-order valence-electron chi connectivity index (χ3n) is 5.25. The van der Waals surface area contributed by atoms with Gasteiger partial charge in [0.25, 0.3) is 0 Å². The van der Waals surface area contributed by atoms with Crippen LogP contribution in [0, 0.1) is 6.92 Å². The number of hydrogen-bond acceptors (Lipinski definition) is 2. The second kappa shape index (κ2) is 7.28. The molecular formula is C24H24N2O. The first kappa shape index (κ1) is 17.3. The highest BCUT2D eigenvalue weighted by Crippen LogP contribution is 2.26. The van der Waals surface area contributed by atoms with Crippen molar-refractivity contribution in [3.8, 4) is 5.75 Å². The number of imidazole rings is 1. The van der Waals surface area contributed by atoms with E-state index in [9.17, 15) is 0 Å². The van der Waals surface area contributed by atoms with E-state index in [1.807, 2.05) is 18.3 Å². The first-order valence-electron chi connectivity index (χ1n) is 9.30. The van der Waals surface area contributed by atoms with E-state index < -0.39 is 0 Å². The van der Waals surface area contributed by atoms with E-state index >= 15 is 0 Å². The van der Waals surface area contributed by atoms with E-state index in [1.165, 1.54) is 22.3 Å². The molecule has 0 saturated heterocycles. The van der Waals surface area contributed by atoms with E-state index in [0.717, 1.165) is 23.5 Å². The lowest BCUT2D eigenvalue weighted by Crippen LogP contribution is -2.04. The van der Waals surface area contributed by atoms with E-state index in [0.29, 0.717) is 0 Å². The van der Waals surface area contributed by atoms with Crippen LogP contribution in [0.1, 0.15) is 40.9 Å². The monoisotopic (exact) mass is 356 g/mol. The van der Waals surface area contributed by atoms with Gasteiger partial charge in [0.15, 0.2) is 0 Å². The van der Waals surface area contributed by atoms with Gasteiger partial charge in [0.05, 0.1) is 18.8 Å². The van der Waals surface area contributed by atoms with Crippen LogP contribution >= 0.6 is 0 Å². The van der Waals surface area contributed by atoms with Crippen molar-refractivity contribution in [3.05, 3.63) is 101 Å². The Morgan fingerprint density at radius 1 is 1.04 bits per heavy atom. The van der Waals surface area contributed by atoms with Crippen LogP contribution in [-0.4, -0.2) is 16.5 Å². The summed E-state index contributed by atoms with van der Waals surface area (Å²) in [5.74, 6) is 2.22. The Labute approximate surface area is 160 Å². The lowest BCUT2D eigenvalue weighted by Gasteiger charge is -2.13. The van der Waals surface area contributed by atoms with E-state index in [1.54, 1.807) is 7.11 Å². The van der Waals surface area contributed by atoms with Gasteiger partial charge in [0.1, 0.15) is 11.6 Å². The third-order valence-corrected chi connectivity index (χ3v) is 5.25. The topological polar surface area (TPSA) is 26.5 Å². The summed E-state index contributed by atoms with van der Waals surface area (Å²) < 4.78 is 7.48. The van der Waals surface area contributed by atoms with Crippen LogP contribution in [0.2, 0.25) is 0 Å². The van der Waals surface area contributed by atoms with Crippen molar-refractivity contribution < 1.29 is 4.74 Å². The Morgan fingerprint density at radius 2 is 1.78 bits per heavy atom. The van der Waals surface area contributed by atoms with Crippen molar-refractivity contribution in [2.45, 2.75) is 26.2 Å². The lowest BCUT2D eigenvalue weighted by molar-refractivity contribution is 0.414. The fraction of sp³-hybridized carbons (Fsp3) is 0.208. The quantitative estimate of drug-likeness (QED) is 0.479. The summed E-state index contributed by atoms with van der Waals surface area (Å²) in [5.41, 5.74) is 6.30. The summed E-state index contributed by atoms with van der Waals surface area (Å²) in [6, 6.07) is 21.1. The van der Waals surface area contributed by atoms with E-state index in [-0.39, 0.29) is 5.92 Å². The summed E-state index contributed by atoms with van der Waals surface area (Å²) in [5, 5.41) is 0. The smallest absolute Gasteiger partial charge is 0.120 e. The van der Waals surface area contributed by atoms with Gasteiger partial charge in [-0.3, -0.25) is 0 Å². The van der Waals surface area contributed by atoms with Gasteiger partial charge in [-0.1, -0.05) is 49.4 Å². The third kappa shape index (κ3) is 3.45. The molecule has 2 heterocycles. The molecule has 2 aromatic carbocycles. The minimum absolute atomic E-state index is 0.250. The summed E-state index contributed by atoms with van der Waals surface area (Å²) in [6.07, 6.45) is 5.10. The molecule has 0 N–H and O–H groups in total. The van der Waals surface area contributed by atoms with Crippen LogP contribution < -0.4 is 4.74 Å². The number of pyridine rings is 1. The van der Waals surface area contributed by atoms with Crippen LogP contribution in [0.15, 0.2) is 73.1 Å². The summed E-state index contributed by atoms with van der Waals surface area (Å²) in [7, 11) is 1.70. The number of methoxy groups -OCH3 is 1. The van der Waals surface area contributed by atoms with Crippen molar-refractivity contribution in [1.29, 1.82) is 0 Å². The summed E-state index contributed by atoms with van der Waals surface area (Å²) >= 11 is 0. The standard InChI is InChI=1S/C24H24N2O/c1-17-16-26-22(14-21(17)13-19-9-11-23(27-3)12-10-19)15-25-24(26)18(2)20-7-5-4-6-8-20/h4-12,14-16,18H,13H2,1-3H3/t18-/m0/s1. The van der Waals surface area contributed by atoms with Crippen molar-refractivity contribution >= 4 is 5.52 Å². The van der Waals surface area contributed by atoms with E-state index in [2.05, 4.69) is 73.0 Å². The van der Waals surface area contributed by atoms with Crippen molar-refractivity contribution in [1.82, 2.24) is 9.38 Å². The highest BCUT2D eigenvalue weighted by Gasteiger charge is 2.15. The minimum Gasteiger partial charge on any atom is -0.497 e. The molecule has 27 heavy (non-hydrogen) atoms. The molecule has 0 bridgehead atoms. The summed E-state index contributed by atoms with van der Waals surface area (Å²) in [6.45, 7) is 4.39. The lowest BCUT2D eigenvalue weighted by atomic mass is 10.00. The number of ether oxygens (including phenoxy) is 1. The minimum atomic E-state index is 0.250. The number of nitrogens with zero attached hydrogens (tertiary/aromatic N) is 2. The van der Waals surface area contributed by atoms with Crippen molar-refractivity contribution in [2.24, 2.45) is 0 Å². The molecule has 4 aromatic rings. The van der Waals surface area contributed by atoms with Crippen LogP contribution in [0.25, 0.3) is 5.52 Å². The maximum Gasteiger partial charge on any atom is 0.120 e. The average molecular weight is 356 g/mol. The van der Waals surface area contributed by atoms with Gasteiger partial charge >= 0.3 is 0 Å². The zero-order chi connectivity index (χ0) is 18.8. The number of rotatable bonds is 5. The molecule has 0 radical (unpaired) electrons.